The summed E-state index contributed by atoms with van der Waals surface area (Å²) in [6.07, 6.45) is 2.23. The van der Waals surface area contributed by atoms with Crippen molar-refractivity contribution in [3.63, 3.8) is 0 Å². The van der Waals surface area contributed by atoms with Crippen LogP contribution in [0.3, 0.4) is 0 Å². The maximum absolute atomic E-state index is 12.9. The summed E-state index contributed by atoms with van der Waals surface area (Å²) in [5, 5.41) is 3.30. The monoisotopic (exact) mass is 303 g/mol. The van der Waals surface area contributed by atoms with E-state index in [2.05, 4.69) is 5.32 Å². The summed E-state index contributed by atoms with van der Waals surface area (Å²) in [5.74, 6) is -0.327. The van der Waals surface area contributed by atoms with Crippen molar-refractivity contribution in [3.8, 4) is 0 Å². The SMILES string of the molecule is CCOC(=O)CC(NC1CC1)C(=O)c1c(C)cc(C)cc1C. The van der Waals surface area contributed by atoms with Crippen molar-refractivity contribution in [3.05, 3.63) is 34.4 Å². The van der Waals surface area contributed by atoms with E-state index in [1.54, 1.807) is 6.92 Å². The Balaban J connectivity index is 2.22. The molecule has 1 N–H and O–H groups in total. The molecule has 1 atom stereocenters. The van der Waals surface area contributed by atoms with Crippen LogP contribution in [0, 0.1) is 20.8 Å². The number of ether oxygens (including phenoxy) is 1. The Morgan fingerprint density at radius 1 is 1.23 bits per heavy atom. The molecule has 0 bridgehead atoms. The molecular weight excluding hydrogens is 278 g/mol. The Kier molecular flexibility index (Phi) is 5.35. The second kappa shape index (κ2) is 7.05. The lowest BCUT2D eigenvalue weighted by molar-refractivity contribution is -0.143. The largest absolute Gasteiger partial charge is 0.466 e. The standard InChI is InChI=1S/C18H25NO3/c1-5-22-16(20)10-15(19-14-6-7-14)18(21)17-12(3)8-11(2)9-13(17)4/h8-9,14-15,19H,5-7,10H2,1-4H3. The number of carbonyl (C=O) groups is 2. The number of carbonyl (C=O) groups excluding carboxylic acids is 2. The van der Waals surface area contributed by atoms with Crippen LogP contribution in [0.5, 0.6) is 0 Å². The molecule has 120 valence electrons. The summed E-state index contributed by atoms with van der Waals surface area (Å²) in [5.41, 5.74) is 3.81. The molecule has 4 nitrogen and oxygen atoms in total. The molecule has 1 aliphatic carbocycles. The van der Waals surface area contributed by atoms with Crippen LogP contribution in [0.1, 0.15) is 53.2 Å². The number of nitrogens with one attached hydrogen (secondary N) is 1. The molecule has 4 heteroatoms. The van der Waals surface area contributed by atoms with Gasteiger partial charge in [-0.25, -0.2) is 0 Å². The number of hydrogen-bond acceptors (Lipinski definition) is 4. The van der Waals surface area contributed by atoms with Gasteiger partial charge in [0.1, 0.15) is 0 Å². The first-order valence-electron chi connectivity index (χ1n) is 7.96. The van der Waals surface area contributed by atoms with Crippen molar-refractivity contribution < 1.29 is 14.3 Å². The number of hydrogen-bond donors (Lipinski definition) is 1. The summed E-state index contributed by atoms with van der Waals surface area (Å²) >= 11 is 0. The Hall–Kier alpha value is -1.68. The second-order valence-electron chi connectivity index (χ2n) is 6.14. The number of esters is 1. The van der Waals surface area contributed by atoms with E-state index < -0.39 is 6.04 Å². The molecule has 0 heterocycles. The number of ketones is 1. The normalized spacial score (nSPS) is 15.5. The van der Waals surface area contributed by atoms with E-state index in [9.17, 15) is 9.59 Å². The fourth-order valence-electron chi connectivity index (χ4n) is 2.89. The van der Waals surface area contributed by atoms with Crippen molar-refractivity contribution in [1.29, 1.82) is 0 Å². The molecule has 1 unspecified atom stereocenters. The zero-order valence-electron chi connectivity index (χ0n) is 13.9. The summed E-state index contributed by atoms with van der Waals surface area (Å²) in [7, 11) is 0. The van der Waals surface area contributed by atoms with Crippen molar-refractivity contribution in [2.24, 2.45) is 0 Å². The highest BCUT2D eigenvalue weighted by Crippen LogP contribution is 2.23. The van der Waals surface area contributed by atoms with Gasteiger partial charge in [0.2, 0.25) is 0 Å². The molecule has 1 saturated carbocycles. The maximum Gasteiger partial charge on any atom is 0.307 e. The molecule has 0 radical (unpaired) electrons. The topological polar surface area (TPSA) is 55.4 Å². The fourth-order valence-corrected chi connectivity index (χ4v) is 2.89. The van der Waals surface area contributed by atoms with Crippen LogP contribution >= 0.6 is 0 Å². The maximum atomic E-state index is 12.9. The Labute approximate surface area is 132 Å². The number of benzene rings is 1. The van der Waals surface area contributed by atoms with Crippen LogP contribution in [-0.2, 0) is 9.53 Å². The molecular formula is C18H25NO3. The van der Waals surface area contributed by atoms with Crippen LogP contribution in [0.2, 0.25) is 0 Å². The predicted octanol–water partition coefficient (Wildman–Crippen LogP) is 2.87. The third kappa shape index (κ3) is 4.17. The lowest BCUT2D eigenvalue weighted by Crippen LogP contribution is -2.41. The summed E-state index contributed by atoms with van der Waals surface area (Å²) < 4.78 is 5.01. The van der Waals surface area contributed by atoms with Crippen molar-refractivity contribution in [1.82, 2.24) is 5.32 Å². The highest BCUT2D eigenvalue weighted by Gasteiger charge is 2.32. The summed E-state index contributed by atoms with van der Waals surface area (Å²) in [6.45, 7) is 8.04. The van der Waals surface area contributed by atoms with Gasteiger partial charge in [-0.05, 0) is 51.7 Å². The van der Waals surface area contributed by atoms with E-state index in [0.29, 0.717) is 12.6 Å². The van der Waals surface area contributed by atoms with Crippen molar-refractivity contribution in [2.75, 3.05) is 6.61 Å². The van der Waals surface area contributed by atoms with Crippen LogP contribution < -0.4 is 5.32 Å². The Morgan fingerprint density at radius 2 is 1.82 bits per heavy atom. The van der Waals surface area contributed by atoms with E-state index in [1.165, 1.54) is 0 Å². The summed E-state index contributed by atoms with van der Waals surface area (Å²) in [4.78, 5) is 24.7. The first kappa shape index (κ1) is 16.7. The quantitative estimate of drug-likeness (QED) is 0.621. The van der Waals surface area contributed by atoms with Crippen LogP contribution in [0.25, 0.3) is 0 Å². The Morgan fingerprint density at radius 3 is 2.32 bits per heavy atom. The molecule has 2 rings (SSSR count). The third-order valence-electron chi connectivity index (χ3n) is 3.93. The van der Waals surface area contributed by atoms with Gasteiger partial charge in [0.05, 0.1) is 19.1 Å². The fraction of sp³-hybridized carbons (Fsp3) is 0.556. The Bertz CT molecular complexity index is 553. The van der Waals surface area contributed by atoms with Gasteiger partial charge in [0, 0.05) is 11.6 Å². The van der Waals surface area contributed by atoms with Gasteiger partial charge in [-0.3, -0.25) is 9.59 Å². The van der Waals surface area contributed by atoms with E-state index in [4.69, 9.17) is 4.74 Å². The van der Waals surface area contributed by atoms with Gasteiger partial charge in [-0.2, -0.15) is 0 Å². The highest BCUT2D eigenvalue weighted by atomic mass is 16.5. The van der Waals surface area contributed by atoms with Crippen LogP contribution in [0.4, 0.5) is 0 Å². The average Bonchev–Trinajstić information content (AvgIpc) is 3.20. The highest BCUT2D eigenvalue weighted by molar-refractivity contribution is 6.04. The molecule has 1 aliphatic rings. The lowest BCUT2D eigenvalue weighted by atomic mass is 9.92. The predicted molar refractivity (Wildman–Crippen MR) is 86.2 cm³/mol. The van der Waals surface area contributed by atoms with Gasteiger partial charge >= 0.3 is 5.97 Å². The minimum atomic E-state index is -0.494. The smallest absolute Gasteiger partial charge is 0.307 e. The molecule has 0 saturated heterocycles. The van der Waals surface area contributed by atoms with Gasteiger partial charge in [-0.15, -0.1) is 0 Å². The molecule has 1 fully saturated rings. The average molecular weight is 303 g/mol. The first-order valence-corrected chi connectivity index (χ1v) is 7.96. The van der Waals surface area contributed by atoms with Crippen LogP contribution in [-0.4, -0.2) is 30.4 Å². The summed E-state index contributed by atoms with van der Waals surface area (Å²) in [6, 6.07) is 3.89. The van der Waals surface area contributed by atoms with Crippen LogP contribution in [0.15, 0.2) is 12.1 Å². The van der Waals surface area contributed by atoms with E-state index in [0.717, 1.165) is 35.1 Å². The van der Waals surface area contributed by atoms with Crippen molar-refractivity contribution >= 4 is 11.8 Å². The third-order valence-corrected chi connectivity index (χ3v) is 3.93. The minimum Gasteiger partial charge on any atom is -0.466 e. The van der Waals surface area contributed by atoms with Gasteiger partial charge < -0.3 is 10.1 Å². The molecule has 1 aromatic rings. The number of Topliss-reactive ketones (excluding diaryl/α,β-unsaturated/α-hetero) is 1. The van der Waals surface area contributed by atoms with E-state index in [-0.39, 0.29) is 18.2 Å². The second-order valence-corrected chi connectivity index (χ2v) is 6.14. The zero-order chi connectivity index (χ0) is 16.3. The molecule has 0 aromatic heterocycles. The molecule has 22 heavy (non-hydrogen) atoms. The molecule has 0 spiro atoms. The van der Waals surface area contributed by atoms with E-state index in [1.807, 2.05) is 32.9 Å². The zero-order valence-corrected chi connectivity index (χ0v) is 13.9. The molecule has 0 amide bonds. The first-order chi connectivity index (χ1) is 10.4. The van der Waals surface area contributed by atoms with Gasteiger partial charge in [-0.1, -0.05) is 17.7 Å². The van der Waals surface area contributed by atoms with Gasteiger partial charge in [0.25, 0.3) is 0 Å². The lowest BCUT2D eigenvalue weighted by Gasteiger charge is -2.19. The number of rotatable bonds is 7. The minimum absolute atomic E-state index is 0.00467. The van der Waals surface area contributed by atoms with Crippen molar-refractivity contribution in [2.45, 2.75) is 59.0 Å². The van der Waals surface area contributed by atoms with E-state index >= 15 is 0 Å². The van der Waals surface area contributed by atoms with Gasteiger partial charge in [0.15, 0.2) is 5.78 Å². The number of aryl methyl sites for hydroxylation is 3. The molecule has 0 aliphatic heterocycles. The molecule has 1 aromatic carbocycles.